The fourth-order valence-electron chi connectivity index (χ4n) is 3.20. The van der Waals surface area contributed by atoms with Crippen molar-refractivity contribution in [3.8, 4) is 12.3 Å². The van der Waals surface area contributed by atoms with E-state index in [1.54, 1.807) is 4.90 Å². The second-order valence-electron chi connectivity index (χ2n) is 6.47. The molecule has 0 aliphatic carbocycles. The predicted molar refractivity (Wildman–Crippen MR) is 107 cm³/mol. The quantitative estimate of drug-likeness (QED) is 0.739. The van der Waals surface area contributed by atoms with Crippen molar-refractivity contribution in [2.75, 3.05) is 25.0 Å². The van der Waals surface area contributed by atoms with E-state index in [0.29, 0.717) is 11.7 Å². The second-order valence-corrected chi connectivity index (χ2v) is 7.48. The van der Waals surface area contributed by atoms with E-state index >= 15 is 0 Å². The number of nitrogens with one attached hydrogen (secondary N) is 1. The summed E-state index contributed by atoms with van der Waals surface area (Å²) in [6, 6.07) is 9.94. The minimum absolute atomic E-state index is 0.0524. The Kier molecular flexibility index (Phi) is 6.80. The van der Waals surface area contributed by atoms with Crippen molar-refractivity contribution >= 4 is 22.5 Å². The van der Waals surface area contributed by atoms with Crippen molar-refractivity contribution in [3.63, 3.8) is 0 Å². The molecule has 3 rings (SSSR count). The Labute approximate surface area is 163 Å². The molecule has 1 aromatic heterocycles. The number of terminal acetylenes is 1. The molecule has 7 heteroatoms. The molecule has 0 saturated carbocycles. The lowest BCUT2D eigenvalue weighted by molar-refractivity contribution is 0.0867. The van der Waals surface area contributed by atoms with E-state index in [0.717, 1.165) is 30.9 Å². The summed E-state index contributed by atoms with van der Waals surface area (Å²) < 4.78 is 5.61. The zero-order valence-electron chi connectivity index (χ0n) is 15.4. The van der Waals surface area contributed by atoms with Crippen molar-refractivity contribution in [1.82, 2.24) is 15.1 Å². The van der Waals surface area contributed by atoms with Crippen LogP contribution >= 0.6 is 11.3 Å². The average molecular weight is 385 g/mol. The summed E-state index contributed by atoms with van der Waals surface area (Å²) in [7, 11) is 0. The Balaban J connectivity index is 1.66. The molecule has 1 aromatic carbocycles. The summed E-state index contributed by atoms with van der Waals surface area (Å²) in [5.41, 5.74) is 1.20. The lowest BCUT2D eigenvalue weighted by Crippen LogP contribution is -2.40. The van der Waals surface area contributed by atoms with Gasteiger partial charge in [-0.1, -0.05) is 54.5 Å². The normalized spacial score (nSPS) is 17.3. The smallest absolute Gasteiger partial charge is 0.324 e. The molecule has 0 spiro atoms. The molecule has 2 aromatic rings. The summed E-state index contributed by atoms with van der Waals surface area (Å²) in [5.74, 6) is 2.71. The molecule has 1 aliphatic rings. The number of urea groups is 1. The van der Waals surface area contributed by atoms with Crippen molar-refractivity contribution in [3.05, 3.63) is 40.9 Å². The highest BCUT2D eigenvalue weighted by atomic mass is 32.1. The summed E-state index contributed by atoms with van der Waals surface area (Å²) >= 11 is 1.40. The highest BCUT2D eigenvalue weighted by molar-refractivity contribution is 7.15. The molecule has 1 aliphatic heterocycles. The maximum absolute atomic E-state index is 12.6. The van der Waals surface area contributed by atoms with Gasteiger partial charge in [-0.25, -0.2) is 4.79 Å². The van der Waals surface area contributed by atoms with Gasteiger partial charge >= 0.3 is 6.03 Å². The minimum atomic E-state index is -0.265. The number of aromatic nitrogens is 2. The molecule has 6 nitrogen and oxygen atoms in total. The van der Waals surface area contributed by atoms with Gasteiger partial charge in [0.05, 0.1) is 12.6 Å². The zero-order valence-corrected chi connectivity index (χ0v) is 16.2. The number of amides is 2. The van der Waals surface area contributed by atoms with Gasteiger partial charge in [-0.15, -0.1) is 16.6 Å². The van der Waals surface area contributed by atoms with Gasteiger partial charge in [-0.3, -0.25) is 5.32 Å². The first-order valence-electron chi connectivity index (χ1n) is 9.20. The number of benzene rings is 1. The second kappa shape index (κ2) is 9.49. The van der Waals surface area contributed by atoms with Crippen LogP contribution in [0.15, 0.2) is 30.3 Å². The summed E-state index contributed by atoms with van der Waals surface area (Å²) in [4.78, 5) is 14.2. The van der Waals surface area contributed by atoms with Crippen LogP contribution in [0.1, 0.15) is 42.7 Å². The van der Waals surface area contributed by atoms with Crippen LogP contribution < -0.4 is 5.32 Å². The van der Waals surface area contributed by atoms with E-state index in [9.17, 15) is 4.79 Å². The van der Waals surface area contributed by atoms with Gasteiger partial charge in [0.25, 0.3) is 0 Å². The molecule has 1 fully saturated rings. The van der Waals surface area contributed by atoms with E-state index in [1.165, 1.54) is 16.9 Å². The number of hydrogen-bond donors (Lipinski definition) is 1. The number of carbonyl (C=O) groups is 1. The Morgan fingerprint density at radius 1 is 1.44 bits per heavy atom. The molecule has 2 heterocycles. The molecule has 1 saturated heterocycles. The lowest BCUT2D eigenvalue weighted by atomic mass is 9.97. The SMILES string of the molecule is C#CCN(C[C@H]1CCCO1)C(=O)Nc1nnc([C@H](CC)c2ccccc2)s1. The van der Waals surface area contributed by atoms with Crippen molar-refractivity contribution in [2.45, 2.75) is 38.2 Å². The topological polar surface area (TPSA) is 67.3 Å². The van der Waals surface area contributed by atoms with E-state index in [2.05, 4.69) is 40.5 Å². The fraction of sp³-hybridized carbons (Fsp3) is 0.450. The number of carbonyl (C=O) groups excluding carboxylic acids is 1. The molecular formula is C20H24N4O2S. The maximum Gasteiger partial charge on any atom is 0.324 e. The van der Waals surface area contributed by atoms with Crippen molar-refractivity contribution < 1.29 is 9.53 Å². The van der Waals surface area contributed by atoms with Crippen molar-refractivity contribution in [2.24, 2.45) is 0 Å². The van der Waals surface area contributed by atoms with Crippen LogP contribution in [0.4, 0.5) is 9.93 Å². The molecule has 2 amide bonds. The zero-order chi connectivity index (χ0) is 19.1. The van der Waals surface area contributed by atoms with E-state index < -0.39 is 0 Å². The molecular weight excluding hydrogens is 360 g/mol. The standard InChI is InChI=1S/C20H24N4O2S/c1-3-12-24(14-16-11-8-13-26-16)20(25)21-19-23-22-18(27-19)17(4-2)15-9-6-5-7-10-15/h1,5-7,9-10,16-17H,4,8,11-14H2,2H3,(H,21,23,25)/t16-,17-/m1/s1. The maximum atomic E-state index is 12.6. The monoisotopic (exact) mass is 384 g/mol. The molecule has 142 valence electrons. The van der Waals surface area contributed by atoms with Gasteiger partial charge < -0.3 is 9.64 Å². The molecule has 0 radical (unpaired) electrons. The number of nitrogens with zero attached hydrogens (tertiary/aromatic N) is 3. The average Bonchev–Trinajstić information content (AvgIpc) is 3.35. The molecule has 0 unspecified atom stereocenters. The van der Waals surface area contributed by atoms with Gasteiger partial charge in [-0.05, 0) is 24.8 Å². The van der Waals surface area contributed by atoms with Gasteiger partial charge in [0.2, 0.25) is 5.13 Å². The van der Waals surface area contributed by atoms with Crippen LogP contribution in [0.2, 0.25) is 0 Å². The van der Waals surface area contributed by atoms with Crippen LogP contribution in [-0.4, -0.2) is 46.9 Å². The van der Waals surface area contributed by atoms with Gasteiger partial charge in [-0.2, -0.15) is 0 Å². The summed E-state index contributed by atoms with van der Waals surface area (Å²) in [5, 5.41) is 12.7. The molecule has 0 bridgehead atoms. The Bertz CT molecular complexity index is 781. The first-order chi connectivity index (χ1) is 13.2. The predicted octanol–water partition coefficient (Wildman–Crippen LogP) is 3.73. The number of ether oxygens (including phenoxy) is 1. The third-order valence-electron chi connectivity index (χ3n) is 4.58. The first kappa shape index (κ1) is 19.3. The molecule has 1 N–H and O–H groups in total. The van der Waals surface area contributed by atoms with E-state index in [-0.39, 0.29) is 24.6 Å². The van der Waals surface area contributed by atoms with Crippen LogP contribution in [-0.2, 0) is 4.74 Å². The van der Waals surface area contributed by atoms with Gasteiger partial charge in [0, 0.05) is 19.1 Å². The van der Waals surface area contributed by atoms with Gasteiger partial charge in [0.15, 0.2) is 0 Å². The third-order valence-corrected chi connectivity index (χ3v) is 5.53. The number of rotatable bonds is 7. The highest BCUT2D eigenvalue weighted by Crippen LogP contribution is 2.31. The minimum Gasteiger partial charge on any atom is -0.376 e. The first-order valence-corrected chi connectivity index (χ1v) is 10.0. The van der Waals surface area contributed by atoms with E-state index in [4.69, 9.17) is 11.2 Å². The lowest BCUT2D eigenvalue weighted by Gasteiger charge is -2.23. The third kappa shape index (κ3) is 5.06. The number of hydrogen-bond acceptors (Lipinski definition) is 5. The Morgan fingerprint density at radius 3 is 2.93 bits per heavy atom. The van der Waals surface area contributed by atoms with Crippen molar-refractivity contribution in [1.29, 1.82) is 0 Å². The van der Waals surface area contributed by atoms with Gasteiger partial charge in [0.1, 0.15) is 5.01 Å². The van der Waals surface area contributed by atoms with Crippen LogP contribution in [0.3, 0.4) is 0 Å². The summed E-state index contributed by atoms with van der Waals surface area (Å²) in [6.07, 6.45) is 8.36. The highest BCUT2D eigenvalue weighted by Gasteiger charge is 2.23. The largest absolute Gasteiger partial charge is 0.376 e. The molecule has 2 atom stereocenters. The Morgan fingerprint density at radius 2 is 2.26 bits per heavy atom. The van der Waals surface area contributed by atoms with E-state index in [1.807, 2.05) is 18.2 Å². The number of anilines is 1. The van der Waals surface area contributed by atoms with Crippen LogP contribution in [0, 0.1) is 12.3 Å². The van der Waals surface area contributed by atoms with Crippen LogP contribution in [0.5, 0.6) is 0 Å². The fourth-order valence-corrected chi connectivity index (χ4v) is 4.14. The summed E-state index contributed by atoms with van der Waals surface area (Å²) in [6.45, 7) is 3.59. The Hall–Kier alpha value is -2.43. The molecule has 27 heavy (non-hydrogen) atoms. The van der Waals surface area contributed by atoms with Crippen LogP contribution in [0.25, 0.3) is 0 Å².